The van der Waals surface area contributed by atoms with E-state index in [1.807, 2.05) is 43.5 Å². The Hall–Kier alpha value is -1.68. The summed E-state index contributed by atoms with van der Waals surface area (Å²) in [5, 5.41) is 8.16. The van der Waals surface area contributed by atoms with Gasteiger partial charge in [-0.1, -0.05) is 35.5 Å². The molecule has 0 amide bonds. The maximum Gasteiger partial charge on any atom is 0.113 e. The first-order valence-corrected chi connectivity index (χ1v) is 4.98. The zero-order valence-electron chi connectivity index (χ0n) is 8.67. The molecular weight excluding hydrogens is 188 g/mol. The number of rotatable bonds is 3. The molecule has 1 aromatic carbocycles. The van der Waals surface area contributed by atoms with E-state index < -0.39 is 0 Å². The van der Waals surface area contributed by atoms with Crippen LogP contribution in [-0.4, -0.2) is 21.5 Å². The molecule has 1 aromatic heterocycles. The molecule has 2 rings (SSSR count). The fraction of sp³-hybridized carbons (Fsp3) is 0.273. The van der Waals surface area contributed by atoms with Gasteiger partial charge in [0.25, 0.3) is 0 Å². The molecule has 78 valence electrons. The summed E-state index contributed by atoms with van der Waals surface area (Å²) in [4.78, 5) is 0. The molecule has 0 radical (unpaired) electrons. The van der Waals surface area contributed by atoms with E-state index in [1.54, 1.807) is 4.68 Å². The van der Waals surface area contributed by atoms with Gasteiger partial charge in [0.15, 0.2) is 0 Å². The number of hydrogen-bond donors (Lipinski definition) is 1. The second kappa shape index (κ2) is 4.23. The van der Waals surface area contributed by atoms with Gasteiger partial charge in [0, 0.05) is 12.1 Å². The molecule has 0 spiro atoms. The highest BCUT2D eigenvalue weighted by molar-refractivity contribution is 5.57. The van der Waals surface area contributed by atoms with E-state index in [0.717, 1.165) is 11.3 Å². The highest BCUT2D eigenvalue weighted by atomic mass is 15.4. The summed E-state index contributed by atoms with van der Waals surface area (Å²) in [5.41, 5.74) is 7.53. The zero-order valence-corrected chi connectivity index (χ0v) is 8.67. The Kier molecular flexibility index (Phi) is 2.78. The Labute approximate surface area is 88.7 Å². The average Bonchev–Trinajstić information content (AvgIpc) is 2.78. The molecule has 2 N–H and O–H groups in total. The number of aromatic nitrogens is 3. The summed E-state index contributed by atoms with van der Waals surface area (Å²) >= 11 is 0. The monoisotopic (exact) mass is 202 g/mol. The van der Waals surface area contributed by atoms with Crippen LogP contribution in [0.4, 0.5) is 0 Å². The summed E-state index contributed by atoms with van der Waals surface area (Å²) in [6.45, 7) is 2.58. The molecular formula is C11H14N4. The molecule has 0 aliphatic heterocycles. The van der Waals surface area contributed by atoms with Crippen LogP contribution in [0.25, 0.3) is 11.3 Å². The minimum Gasteiger partial charge on any atom is -0.328 e. The Morgan fingerprint density at radius 3 is 2.73 bits per heavy atom. The van der Waals surface area contributed by atoms with Gasteiger partial charge in [0.2, 0.25) is 0 Å². The first kappa shape index (κ1) is 9.86. The lowest BCUT2D eigenvalue weighted by Gasteiger charge is -2.05. The molecule has 1 atom stereocenters. The van der Waals surface area contributed by atoms with Gasteiger partial charge < -0.3 is 5.73 Å². The van der Waals surface area contributed by atoms with Crippen molar-refractivity contribution in [1.29, 1.82) is 0 Å². The first-order chi connectivity index (χ1) is 7.31. The van der Waals surface area contributed by atoms with Crippen LogP contribution in [0.1, 0.15) is 13.0 Å². The van der Waals surface area contributed by atoms with Crippen molar-refractivity contribution < 1.29 is 0 Å². The van der Waals surface area contributed by atoms with Gasteiger partial charge in [-0.25, -0.2) is 4.68 Å². The predicted molar refractivity (Wildman–Crippen MR) is 59.2 cm³/mol. The van der Waals surface area contributed by atoms with Gasteiger partial charge in [-0.3, -0.25) is 0 Å². The highest BCUT2D eigenvalue weighted by Crippen LogP contribution is 2.16. The van der Waals surface area contributed by atoms with Crippen molar-refractivity contribution in [2.45, 2.75) is 13.0 Å². The maximum absolute atomic E-state index is 5.56. The smallest absolute Gasteiger partial charge is 0.113 e. The van der Waals surface area contributed by atoms with Crippen LogP contribution in [0, 0.1) is 0 Å². The topological polar surface area (TPSA) is 56.7 Å². The molecule has 2 aromatic rings. The molecule has 0 saturated heterocycles. The average molecular weight is 202 g/mol. The van der Waals surface area contributed by atoms with E-state index in [1.165, 1.54) is 0 Å². The molecule has 0 aliphatic carbocycles. The minimum absolute atomic E-state index is 0.190. The van der Waals surface area contributed by atoms with Crippen molar-refractivity contribution in [2.75, 3.05) is 6.54 Å². The van der Waals surface area contributed by atoms with E-state index in [2.05, 4.69) is 10.3 Å². The van der Waals surface area contributed by atoms with Gasteiger partial charge in [-0.2, -0.15) is 0 Å². The largest absolute Gasteiger partial charge is 0.328 e. The third kappa shape index (κ3) is 2.05. The van der Waals surface area contributed by atoms with Crippen LogP contribution in [0.3, 0.4) is 0 Å². The number of hydrogen-bond acceptors (Lipinski definition) is 3. The first-order valence-electron chi connectivity index (χ1n) is 4.98. The van der Waals surface area contributed by atoms with Gasteiger partial charge in [-0.15, -0.1) is 5.10 Å². The van der Waals surface area contributed by atoms with Crippen molar-refractivity contribution >= 4 is 0 Å². The Morgan fingerprint density at radius 2 is 2.07 bits per heavy atom. The molecule has 4 nitrogen and oxygen atoms in total. The lowest BCUT2D eigenvalue weighted by atomic mass is 10.2. The van der Waals surface area contributed by atoms with E-state index in [0.29, 0.717) is 6.54 Å². The molecule has 1 heterocycles. The number of nitrogens with zero attached hydrogens (tertiary/aromatic N) is 3. The van der Waals surface area contributed by atoms with Crippen molar-refractivity contribution in [3.05, 3.63) is 36.5 Å². The van der Waals surface area contributed by atoms with Crippen LogP contribution in [0.2, 0.25) is 0 Å². The Morgan fingerprint density at radius 1 is 1.33 bits per heavy atom. The van der Waals surface area contributed by atoms with Crippen molar-refractivity contribution in [2.24, 2.45) is 5.73 Å². The van der Waals surface area contributed by atoms with Crippen molar-refractivity contribution in [3.8, 4) is 11.3 Å². The molecule has 0 fully saturated rings. The minimum atomic E-state index is 0.190. The highest BCUT2D eigenvalue weighted by Gasteiger charge is 2.06. The van der Waals surface area contributed by atoms with E-state index in [4.69, 9.17) is 5.73 Å². The molecule has 0 saturated carbocycles. The SMILES string of the molecule is CC(CN)n1cc(-c2ccccc2)nn1. The predicted octanol–water partition coefficient (Wildman–Crippen LogP) is 1.46. The van der Waals surface area contributed by atoms with Gasteiger partial charge >= 0.3 is 0 Å². The summed E-state index contributed by atoms with van der Waals surface area (Å²) in [6.07, 6.45) is 1.92. The van der Waals surface area contributed by atoms with Gasteiger partial charge in [-0.05, 0) is 6.92 Å². The van der Waals surface area contributed by atoms with Crippen molar-refractivity contribution in [1.82, 2.24) is 15.0 Å². The Balaban J connectivity index is 2.28. The summed E-state index contributed by atoms with van der Waals surface area (Å²) in [7, 11) is 0. The summed E-state index contributed by atoms with van der Waals surface area (Å²) < 4.78 is 1.79. The third-order valence-electron chi connectivity index (χ3n) is 2.37. The van der Waals surface area contributed by atoms with Crippen molar-refractivity contribution in [3.63, 3.8) is 0 Å². The maximum atomic E-state index is 5.56. The molecule has 0 aliphatic rings. The fourth-order valence-electron chi connectivity index (χ4n) is 1.34. The lowest BCUT2D eigenvalue weighted by Crippen LogP contribution is -2.16. The standard InChI is InChI=1S/C11H14N4/c1-9(7-12)15-8-11(13-14-15)10-5-3-2-4-6-10/h2-6,8-9H,7,12H2,1H3. The normalized spacial score (nSPS) is 12.7. The number of benzene rings is 1. The molecule has 15 heavy (non-hydrogen) atoms. The van der Waals surface area contributed by atoms with E-state index in [-0.39, 0.29) is 6.04 Å². The third-order valence-corrected chi connectivity index (χ3v) is 2.37. The quantitative estimate of drug-likeness (QED) is 0.819. The Bertz CT molecular complexity index is 421. The second-order valence-electron chi connectivity index (χ2n) is 3.53. The van der Waals surface area contributed by atoms with Gasteiger partial charge in [0.05, 0.1) is 12.2 Å². The molecule has 4 heteroatoms. The zero-order chi connectivity index (χ0) is 10.7. The van der Waals surface area contributed by atoms with E-state index >= 15 is 0 Å². The van der Waals surface area contributed by atoms with Crippen LogP contribution in [0.15, 0.2) is 36.5 Å². The molecule has 0 bridgehead atoms. The summed E-state index contributed by atoms with van der Waals surface area (Å²) in [5.74, 6) is 0. The van der Waals surface area contributed by atoms with Gasteiger partial charge in [0.1, 0.15) is 5.69 Å². The fourth-order valence-corrected chi connectivity index (χ4v) is 1.34. The van der Waals surface area contributed by atoms with E-state index in [9.17, 15) is 0 Å². The molecule has 1 unspecified atom stereocenters. The van der Waals surface area contributed by atoms with Crippen LogP contribution >= 0.6 is 0 Å². The van der Waals surface area contributed by atoms with Crippen LogP contribution < -0.4 is 5.73 Å². The lowest BCUT2D eigenvalue weighted by molar-refractivity contribution is 0.485. The number of nitrogens with two attached hydrogens (primary N) is 1. The summed E-state index contributed by atoms with van der Waals surface area (Å²) in [6, 6.07) is 10.2. The van der Waals surface area contributed by atoms with Crippen LogP contribution in [-0.2, 0) is 0 Å². The second-order valence-corrected chi connectivity index (χ2v) is 3.53. The van der Waals surface area contributed by atoms with Crippen LogP contribution in [0.5, 0.6) is 0 Å².